The minimum absolute atomic E-state index is 0.151. The highest BCUT2D eigenvalue weighted by Crippen LogP contribution is 2.18. The van der Waals surface area contributed by atoms with Crippen LogP contribution in [0.15, 0.2) is 40.7 Å². The first kappa shape index (κ1) is 21.1. The zero-order valence-corrected chi connectivity index (χ0v) is 17.2. The fourth-order valence-corrected chi connectivity index (χ4v) is 3.84. The zero-order chi connectivity index (χ0) is 21.7. The van der Waals surface area contributed by atoms with Crippen LogP contribution < -0.4 is 20.1 Å². The molecule has 0 aliphatic carbocycles. The van der Waals surface area contributed by atoms with Gasteiger partial charge in [-0.15, -0.1) is 10.2 Å². The van der Waals surface area contributed by atoms with E-state index in [9.17, 15) is 18.0 Å². The van der Waals surface area contributed by atoms with Gasteiger partial charge in [-0.05, 0) is 19.1 Å². The second kappa shape index (κ2) is 8.79. The van der Waals surface area contributed by atoms with Crippen LogP contribution in [0, 0.1) is 6.92 Å². The van der Waals surface area contributed by atoms with Crippen LogP contribution in [0.1, 0.15) is 16.1 Å². The minimum atomic E-state index is -4.40. The van der Waals surface area contributed by atoms with E-state index in [0.29, 0.717) is 5.69 Å². The molecule has 3 aromatic rings. The standard InChI is InChI=1S/C16H15N7O5S2/c1-9-7-12(28-2)19-14(18-9)21-15(25)23-30(26,27)11-6-4-3-5-10(11)13(24)20-16-22-17-8-29-16/h3-8H,1-2H3,(H,20,22,24)(H2,18,19,21,23,25). The summed E-state index contributed by atoms with van der Waals surface area (Å²) in [5.41, 5.74) is 1.73. The molecule has 0 saturated heterocycles. The number of methoxy groups -OCH3 is 1. The fraction of sp³-hybridized carbons (Fsp3) is 0.125. The number of sulfonamides is 1. The molecule has 3 amide bonds. The lowest BCUT2D eigenvalue weighted by atomic mass is 10.2. The van der Waals surface area contributed by atoms with Crippen LogP contribution in [0.3, 0.4) is 0 Å². The van der Waals surface area contributed by atoms with Crippen molar-refractivity contribution in [2.75, 3.05) is 17.7 Å². The predicted molar refractivity (Wildman–Crippen MR) is 107 cm³/mol. The van der Waals surface area contributed by atoms with Crippen molar-refractivity contribution in [1.29, 1.82) is 0 Å². The van der Waals surface area contributed by atoms with Gasteiger partial charge in [0.25, 0.3) is 15.9 Å². The smallest absolute Gasteiger partial charge is 0.335 e. The van der Waals surface area contributed by atoms with E-state index < -0.39 is 26.9 Å². The molecule has 1 aromatic carbocycles. The Kier molecular flexibility index (Phi) is 6.17. The number of anilines is 2. The summed E-state index contributed by atoms with van der Waals surface area (Å²) in [5, 5.41) is 12.1. The van der Waals surface area contributed by atoms with E-state index in [4.69, 9.17) is 4.74 Å². The van der Waals surface area contributed by atoms with Crippen molar-refractivity contribution in [3.05, 3.63) is 47.1 Å². The van der Waals surface area contributed by atoms with Gasteiger partial charge in [0.1, 0.15) is 10.4 Å². The Morgan fingerprint density at radius 2 is 1.90 bits per heavy atom. The SMILES string of the molecule is COc1cc(C)nc(NC(=O)NS(=O)(=O)c2ccccc2C(=O)Nc2nncs2)n1. The fourth-order valence-electron chi connectivity index (χ4n) is 2.28. The summed E-state index contributed by atoms with van der Waals surface area (Å²) in [6.45, 7) is 1.65. The van der Waals surface area contributed by atoms with Gasteiger partial charge in [-0.3, -0.25) is 15.4 Å². The molecule has 0 aliphatic rings. The number of amides is 3. The molecular formula is C16H15N7O5S2. The molecule has 0 aliphatic heterocycles. The summed E-state index contributed by atoms with van der Waals surface area (Å²) >= 11 is 1.07. The molecule has 2 heterocycles. The summed E-state index contributed by atoms with van der Waals surface area (Å²) in [6.07, 6.45) is 0. The number of aryl methyl sites for hydroxylation is 1. The predicted octanol–water partition coefficient (Wildman–Crippen LogP) is 1.41. The third-order valence-corrected chi connectivity index (χ3v) is 5.49. The summed E-state index contributed by atoms with van der Waals surface area (Å²) in [5.74, 6) is -0.680. The molecule has 0 saturated carbocycles. The minimum Gasteiger partial charge on any atom is -0.481 e. The van der Waals surface area contributed by atoms with Crippen LogP contribution in [0.2, 0.25) is 0 Å². The summed E-state index contributed by atoms with van der Waals surface area (Å²) in [4.78, 5) is 32.2. The van der Waals surface area contributed by atoms with E-state index in [1.807, 2.05) is 4.72 Å². The van der Waals surface area contributed by atoms with Gasteiger partial charge in [-0.25, -0.2) is 22.9 Å². The number of benzene rings is 1. The largest absolute Gasteiger partial charge is 0.481 e. The molecule has 3 N–H and O–H groups in total. The summed E-state index contributed by atoms with van der Waals surface area (Å²) in [6, 6.07) is 5.83. The van der Waals surface area contributed by atoms with Crippen molar-refractivity contribution < 1.29 is 22.7 Å². The molecule has 2 aromatic heterocycles. The maximum atomic E-state index is 12.7. The molecule has 12 nitrogen and oxygen atoms in total. The molecule has 0 spiro atoms. The lowest BCUT2D eigenvalue weighted by Crippen LogP contribution is -2.36. The van der Waals surface area contributed by atoms with Crippen molar-refractivity contribution in [3.8, 4) is 5.88 Å². The first-order chi connectivity index (χ1) is 14.3. The average Bonchev–Trinajstić information content (AvgIpc) is 3.20. The van der Waals surface area contributed by atoms with Gasteiger partial charge < -0.3 is 4.74 Å². The van der Waals surface area contributed by atoms with Gasteiger partial charge in [0, 0.05) is 11.8 Å². The molecule has 0 atom stereocenters. The van der Waals surface area contributed by atoms with Gasteiger partial charge in [0.2, 0.25) is 17.0 Å². The topological polar surface area (TPSA) is 165 Å². The number of rotatable bonds is 6. The van der Waals surface area contributed by atoms with Crippen molar-refractivity contribution in [1.82, 2.24) is 24.9 Å². The number of nitrogens with one attached hydrogen (secondary N) is 3. The number of aromatic nitrogens is 4. The van der Waals surface area contributed by atoms with Crippen molar-refractivity contribution in [3.63, 3.8) is 0 Å². The van der Waals surface area contributed by atoms with Crippen molar-refractivity contribution >= 4 is 44.4 Å². The van der Waals surface area contributed by atoms with E-state index in [1.54, 1.807) is 6.92 Å². The highest BCUT2D eigenvalue weighted by Gasteiger charge is 2.25. The third-order valence-electron chi connectivity index (χ3n) is 3.49. The molecule has 30 heavy (non-hydrogen) atoms. The quantitative estimate of drug-likeness (QED) is 0.504. The molecule has 0 fully saturated rings. The lowest BCUT2D eigenvalue weighted by Gasteiger charge is -2.11. The van der Waals surface area contributed by atoms with Crippen LogP contribution in [0.25, 0.3) is 0 Å². The average molecular weight is 449 g/mol. The third kappa shape index (κ3) is 5.03. The van der Waals surface area contributed by atoms with E-state index in [1.165, 1.54) is 43.0 Å². The summed E-state index contributed by atoms with van der Waals surface area (Å²) in [7, 11) is -3.01. The summed E-state index contributed by atoms with van der Waals surface area (Å²) < 4.78 is 32.2. The number of carbonyl (C=O) groups excluding carboxylic acids is 2. The van der Waals surface area contributed by atoms with Crippen molar-refractivity contribution in [2.24, 2.45) is 0 Å². The molecule has 0 radical (unpaired) electrons. The molecular weight excluding hydrogens is 434 g/mol. The van der Waals surface area contributed by atoms with Gasteiger partial charge in [0.15, 0.2) is 0 Å². The second-order valence-corrected chi connectivity index (χ2v) is 8.11. The Hall–Kier alpha value is -3.65. The molecule has 0 unspecified atom stereocenters. The van der Waals surface area contributed by atoms with E-state index in [0.717, 1.165) is 11.3 Å². The lowest BCUT2D eigenvalue weighted by molar-refractivity contribution is 0.102. The first-order valence-electron chi connectivity index (χ1n) is 8.18. The number of hydrogen-bond acceptors (Lipinski definition) is 10. The first-order valence-corrected chi connectivity index (χ1v) is 10.5. The van der Waals surface area contributed by atoms with Crippen LogP contribution >= 0.6 is 11.3 Å². The molecule has 0 bridgehead atoms. The Balaban J connectivity index is 1.79. The van der Waals surface area contributed by atoms with Crippen LogP contribution in [-0.4, -0.2) is 47.6 Å². The van der Waals surface area contributed by atoms with Gasteiger partial charge in [0.05, 0.1) is 12.7 Å². The zero-order valence-electron chi connectivity index (χ0n) is 15.6. The van der Waals surface area contributed by atoms with Crippen molar-refractivity contribution in [2.45, 2.75) is 11.8 Å². The van der Waals surface area contributed by atoms with Gasteiger partial charge in [-0.2, -0.15) is 4.98 Å². The monoisotopic (exact) mass is 449 g/mol. The highest BCUT2D eigenvalue weighted by molar-refractivity contribution is 7.90. The number of hydrogen-bond donors (Lipinski definition) is 3. The molecule has 3 rings (SSSR count). The van der Waals surface area contributed by atoms with Gasteiger partial charge >= 0.3 is 6.03 Å². The van der Waals surface area contributed by atoms with Crippen LogP contribution in [-0.2, 0) is 10.0 Å². The second-order valence-electron chi connectivity index (χ2n) is 5.63. The molecule has 14 heteroatoms. The van der Waals surface area contributed by atoms with E-state index >= 15 is 0 Å². The van der Waals surface area contributed by atoms with Crippen LogP contribution in [0.5, 0.6) is 5.88 Å². The number of ether oxygens (including phenoxy) is 1. The Bertz CT molecular complexity index is 1180. The van der Waals surface area contributed by atoms with E-state index in [2.05, 4.69) is 30.8 Å². The number of carbonyl (C=O) groups is 2. The highest BCUT2D eigenvalue weighted by atomic mass is 32.2. The Morgan fingerprint density at radius 1 is 1.13 bits per heavy atom. The van der Waals surface area contributed by atoms with Crippen LogP contribution in [0.4, 0.5) is 15.9 Å². The number of urea groups is 1. The van der Waals surface area contributed by atoms with E-state index in [-0.39, 0.29) is 22.5 Å². The maximum Gasteiger partial charge on any atom is 0.335 e. The normalized spacial score (nSPS) is 10.9. The van der Waals surface area contributed by atoms with Gasteiger partial charge in [-0.1, -0.05) is 23.5 Å². The number of nitrogens with zero attached hydrogens (tertiary/aromatic N) is 4. The maximum absolute atomic E-state index is 12.7. The Labute approximate surface area is 174 Å². The molecule has 156 valence electrons. The Morgan fingerprint density at radius 3 is 2.60 bits per heavy atom.